The minimum absolute atomic E-state index is 0.0435. The maximum Gasteiger partial charge on any atom is 0.263 e. The van der Waals surface area contributed by atoms with E-state index >= 15 is 0 Å². The lowest BCUT2D eigenvalue weighted by atomic mass is 10.0. The molecule has 2 amide bonds. The summed E-state index contributed by atoms with van der Waals surface area (Å²) < 4.78 is 33.1. The molecule has 3 N–H and O–H groups in total. The number of aryl methyl sites for hydroxylation is 1. The molecule has 36 heavy (non-hydrogen) atoms. The van der Waals surface area contributed by atoms with Crippen LogP contribution in [0.5, 0.6) is 5.75 Å². The molecule has 1 aromatic carbocycles. The molecular weight excluding hydrogens is 468 g/mol. The van der Waals surface area contributed by atoms with Crippen molar-refractivity contribution in [2.75, 3.05) is 6.61 Å². The van der Waals surface area contributed by atoms with Crippen LogP contribution in [0.25, 0.3) is 22.3 Å². The van der Waals surface area contributed by atoms with E-state index in [0.717, 1.165) is 25.7 Å². The molecule has 2 aliphatic rings. The minimum atomic E-state index is -2.64. The highest BCUT2D eigenvalue weighted by Gasteiger charge is 2.29. The van der Waals surface area contributed by atoms with Crippen molar-refractivity contribution in [2.24, 2.45) is 5.92 Å². The third kappa shape index (κ3) is 5.03. The van der Waals surface area contributed by atoms with Gasteiger partial charge in [0.15, 0.2) is 0 Å². The summed E-state index contributed by atoms with van der Waals surface area (Å²) in [6.07, 6.45) is 3.12. The van der Waals surface area contributed by atoms with Crippen LogP contribution in [0.3, 0.4) is 0 Å². The van der Waals surface area contributed by atoms with Gasteiger partial charge in [-0.15, -0.1) is 0 Å². The Bertz CT molecular complexity index is 1300. The van der Waals surface area contributed by atoms with Gasteiger partial charge in [0, 0.05) is 35.8 Å². The van der Waals surface area contributed by atoms with E-state index in [0.29, 0.717) is 58.2 Å². The first-order valence-corrected chi connectivity index (χ1v) is 12.3. The Balaban J connectivity index is 1.46. The lowest BCUT2D eigenvalue weighted by Gasteiger charge is -2.14. The number of aromatic nitrogens is 3. The van der Waals surface area contributed by atoms with Crippen LogP contribution in [0.2, 0.25) is 0 Å². The Morgan fingerprint density at radius 1 is 1.14 bits per heavy atom. The summed E-state index contributed by atoms with van der Waals surface area (Å²) in [6, 6.07) is 4.30. The van der Waals surface area contributed by atoms with Gasteiger partial charge in [-0.25, -0.2) is 18.7 Å². The Hall–Kier alpha value is -3.56. The molecule has 0 aliphatic heterocycles. The highest BCUT2D eigenvalue weighted by atomic mass is 19.3. The number of nitrogens with zero attached hydrogens (tertiary/aromatic N) is 2. The quantitative estimate of drug-likeness (QED) is 0.426. The number of amides is 2. The lowest BCUT2D eigenvalue weighted by Crippen LogP contribution is -2.36. The average molecular weight is 498 g/mol. The van der Waals surface area contributed by atoms with Crippen molar-refractivity contribution >= 4 is 22.8 Å². The topological polar surface area (TPSA) is 109 Å². The third-order valence-electron chi connectivity index (χ3n) is 6.86. The second-order valence-electron chi connectivity index (χ2n) is 9.76. The van der Waals surface area contributed by atoms with Crippen LogP contribution in [0.4, 0.5) is 8.78 Å². The molecule has 0 saturated heterocycles. The van der Waals surface area contributed by atoms with E-state index in [1.807, 2.05) is 0 Å². The number of aromatic amines is 1. The summed E-state index contributed by atoms with van der Waals surface area (Å²) in [4.78, 5) is 36.6. The van der Waals surface area contributed by atoms with E-state index in [9.17, 15) is 18.4 Å². The van der Waals surface area contributed by atoms with Crippen molar-refractivity contribution in [2.45, 2.75) is 64.5 Å². The molecule has 2 fully saturated rings. The van der Waals surface area contributed by atoms with Crippen LogP contribution in [-0.2, 0) is 4.79 Å². The fraction of sp³-hybridized carbons (Fsp3) is 0.462. The molecule has 0 spiro atoms. The number of fused-ring (bicyclic) bond motifs is 1. The molecule has 8 nitrogen and oxygen atoms in total. The van der Waals surface area contributed by atoms with Crippen LogP contribution in [-0.4, -0.2) is 45.5 Å². The Labute approximate surface area is 207 Å². The number of carbonyl (C=O) groups is 2. The molecule has 2 aromatic heterocycles. The number of hydrogen-bond donors (Lipinski definition) is 3. The summed E-state index contributed by atoms with van der Waals surface area (Å²) >= 11 is 0. The molecule has 2 atom stereocenters. The SMILES string of the molecule is CC(=O)NC1CCC(NC(=O)c2c(C)[nH]c3c(-c4cc(C(F)F)ccc4OCC4CC4)ncnc23)C1. The number of rotatable bonds is 8. The molecule has 2 aliphatic carbocycles. The largest absolute Gasteiger partial charge is 0.493 e. The molecule has 2 unspecified atom stereocenters. The van der Waals surface area contributed by atoms with Crippen molar-refractivity contribution in [3.63, 3.8) is 0 Å². The van der Waals surface area contributed by atoms with Gasteiger partial charge in [0.2, 0.25) is 5.91 Å². The predicted octanol–water partition coefficient (Wildman–Crippen LogP) is 4.45. The minimum Gasteiger partial charge on any atom is -0.493 e. The van der Waals surface area contributed by atoms with E-state index in [-0.39, 0.29) is 29.5 Å². The number of carbonyl (C=O) groups excluding carboxylic acids is 2. The summed E-state index contributed by atoms with van der Waals surface area (Å²) in [5.74, 6) is 0.602. The molecule has 10 heteroatoms. The predicted molar refractivity (Wildman–Crippen MR) is 130 cm³/mol. The van der Waals surface area contributed by atoms with Crippen molar-refractivity contribution in [3.05, 3.63) is 41.3 Å². The van der Waals surface area contributed by atoms with E-state index in [4.69, 9.17) is 4.74 Å². The standard InChI is InChI=1S/C26H29F2N5O3/c1-13-21(26(35)33-18-7-6-17(10-18)32-14(2)34)23-24(31-13)22(29-12-30-23)19-9-16(25(27)28)5-8-20(19)36-11-15-3-4-15/h5,8-9,12,15,17-18,25,31H,3-4,6-7,10-11H2,1-2H3,(H,32,34)(H,33,35). The third-order valence-corrected chi connectivity index (χ3v) is 6.86. The van der Waals surface area contributed by atoms with Gasteiger partial charge in [-0.05, 0) is 63.1 Å². The first kappa shape index (κ1) is 24.1. The number of nitrogens with one attached hydrogen (secondary N) is 3. The summed E-state index contributed by atoms with van der Waals surface area (Å²) in [7, 11) is 0. The van der Waals surface area contributed by atoms with Crippen molar-refractivity contribution in [1.29, 1.82) is 0 Å². The first-order chi connectivity index (χ1) is 17.3. The van der Waals surface area contributed by atoms with E-state index in [1.54, 1.807) is 13.0 Å². The molecule has 0 radical (unpaired) electrons. The van der Waals surface area contributed by atoms with Crippen molar-refractivity contribution < 1.29 is 23.1 Å². The van der Waals surface area contributed by atoms with Gasteiger partial charge >= 0.3 is 0 Å². The Morgan fingerprint density at radius 3 is 2.58 bits per heavy atom. The van der Waals surface area contributed by atoms with Crippen LogP contribution in [0.15, 0.2) is 24.5 Å². The van der Waals surface area contributed by atoms with E-state index in [1.165, 1.54) is 25.4 Å². The van der Waals surface area contributed by atoms with Crippen LogP contribution < -0.4 is 15.4 Å². The number of ether oxygens (including phenoxy) is 1. The van der Waals surface area contributed by atoms with E-state index < -0.39 is 6.43 Å². The van der Waals surface area contributed by atoms with Gasteiger partial charge in [0.25, 0.3) is 12.3 Å². The number of H-pyrrole nitrogens is 1. The highest BCUT2D eigenvalue weighted by molar-refractivity contribution is 6.09. The molecule has 0 bridgehead atoms. The lowest BCUT2D eigenvalue weighted by molar-refractivity contribution is -0.119. The zero-order valence-corrected chi connectivity index (χ0v) is 20.2. The molecule has 3 aromatic rings. The second-order valence-corrected chi connectivity index (χ2v) is 9.76. The molecule has 2 heterocycles. The second kappa shape index (κ2) is 9.83. The van der Waals surface area contributed by atoms with Crippen LogP contribution in [0.1, 0.15) is 67.1 Å². The van der Waals surface area contributed by atoms with Crippen molar-refractivity contribution in [1.82, 2.24) is 25.6 Å². The zero-order valence-electron chi connectivity index (χ0n) is 20.2. The molecule has 2 saturated carbocycles. The summed E-state index contributed by atoms with van der Waals surface area (Å²) in [5, 5.41) is 5.96. The van der Waals surface area contributed by atoms with Gasteiger partial charge in [-0.3, -0.25) is 9.59 Å². The van der Waals surface area contributed by atoms with Crippen molar-refractivity contribution in [3.8, 4) is 17.0 Å². The maximum atomic E-state index is 13.5. The number of halogens is 2. The fourth-order valence-electron chi connectivity index (χ4n) is 4.88. The molecule has 190 valence electrons. The van der Waals surface area contributed by atoms with Gasteiger partial charge in [-0.1, -0.05) is 0 Å². The van der Waals surface area contributed by atoms with E-state index in [2.05, 4.69) is 25.6 Å². The smallest absolute Gasteiger partial charge is 0.263 e. The van der Waals surface area contributed by atoms with Crippen LogP contribution in [0, 0.1) is 12.8 Å². The maximum absolute atomic E-state index is 13.5. The molecule has 5 rings (SSSR count). The van der Waals surface area contributed by atoms with Gasteiger partial charge in [-0.2, -0.15) is 0 Å². The normalized spacial score (nSPS) is 19.6. The first-order valence-electron chi connectivity index (χ1n) is 12.3. The van der Waals surface area contributed by atoms with Gasteiger partial charge in [0.05, 0.1) is 17.7 Å². The van der Waals surface area contributed by atoms with Gasteiger partial charge in [0.1, 0.15) is 23.3 Å². The summed E-state index contributed by atoms with van der Waals surface area (Å²) in [6.45, 7) is 3.78. The Morgan fingerprint density at radius 2 is 1.89 bits per heavy atom. The number of hydrogen-bond acceptors (Lipinski definition) is 5. The average Bonchev–Trinajstić information content (AvgIpc) is 3.46. The van der Waals surface area contributed by atoms with Gasteiger partial charge < -0.3 is 20.4 Å². The zero-order chi connectivity index (χ0) is 25.4. The number of benzene rings is 1. The molecular formula is C26H29F2N5O3. The highest BCUT2D eigenvalue weighted by Crippen LogP contribution is 2.38. The fourth-order valence-corrected chi connectivity index (χ4v) is 4.88. The number of alkyl halides is 2. The monoisotopic (exact) mass is 497 g/mol. The summed E-state index contributed by atoms with van der Waals surface area (Å²) in [5.41, 5.74) is 2.61. The Kier molecular flexibility index (Phi) is 6.59. The van der Waals surface area contributed by atoms with Crippen LogP contribution >= 0.6 is 0 Å².